The van der Waals surface area contributed by atoms with Gasteiger partial charge >= 0.3 is 0 Å². The van der Waals surface area contributed by atoms with E-state index in [1.807, 2.05) is 24.3 Å². The van der Waals surface area contributed by atoms with Gasteiger partial charge in [0.1, 0.15) is 11.6 Å². The van der Waals surface area contributed by atoms with Gasteiger partial charge in [-0.25, -0.2) is 4.39 Å². The maximum atomic E-state index is 13.2. The molecular formula is C22H16ClFN2O. The number of aromatic hydroxyl groups is 1. The fraction of sp³-hybridized carbons (Fsp3) is 0. The summed E-state index contributed by atoms with van der Waals surface area (Å²) < 4.78 is 13.2. The van der Waals surface area contributed by atoms with E-state index in [0.29, 0.717) is 21.9 Å². The van der Waals surface area contributed by atoms with Crippen molar-refractivity contribution < 1.29 is 9.50 Å². The Morgan fingerprint density at radius 1 is 0.889 bits per heavy atom. The molecule has 0 bridgehead atoms. The van der Waals surface area contributed by atoms with E-state index in [0.717, 1.165) is 5.56 Å². The number of rotatable bonds is 5. The zero-order chi connectivity index (χ0) is 19.1. The predicted octanol–water partition coefficient (Wildman–Crippen LogP) is 5.72. The van der Waals surface area contributed by atoms with Crippen molar-refractivity contribution in [1.29, 1.82) is 0 Å². The average Bonchev–Trinajstić information content (AvgIpc) is 2.68. The second-order valence-corrected chi connectivity index (χ2v) is 6.06. The van der Waals surface area contributed by atoms with Crippen molar-refractivity contribution in [3.05, 3.63) is 106 Å². The van der Waals surface area contributed by atoms with Crippen LogP contribution in [0.25, 0.3) is 6.08 Å². The number of phenols is 1. The van der Waals surface area contributed by atoms with Crippen LogP contribution >= 0.6 is 11.6 Å². The molecule has 27 heavy (non-hydrogen) atoms. The first-order valence-electron chi connectivity index (χ1n) is 8.21. The number of halogens is 2. The lowest BCUT2D eigenvalue weighted by molar-refractivity contribution is 0.474. The summed E-state index contributed by atoms with van der Waals surface area (Å²) in [6.45, 7) is 0. The van der Waals surface area contributed by atoms with E-state index in [4.69, 9.17) is 11.6 Å². The fourth-order valence-corrected chi connectivity index (χ4v) is 2.54. The molecule has 0 heterocycles. The first-order valence-corrected chi connectivity index (χ1v) is 8.59. The summed E-state index contributed by atoms with van der Waals surface area (Å²) in [6.07, 6.45) is 5.04. The van der Waals surface area contributed by atoms with Crippen LogP contribution in [0.2, 0.25) is 5.02 Å². The maximum Gasteiger partial charge on any atom is 0.124 e. The number of allylic oxidation sites excluding steroid dienone is 1. The molecule has 0 aromatic heterocycles. The lowest BCUT2D eigenvalue weighted by Gasteiger charge is -2.01. The van der Waals surface area contributed by atoms with Crippen molar-refractivity contribution in [2.24, 2.45) is 10.2 Å². The van der Waals surface area contributed by atoms with Gasteiger partial charge in [0, 0.05) is 16.1 Å². The highest BCUT2D eigenvalue weighted by atomic mass is 35.5. The van der Waals surface area contributed by atoms with Crippen LogP contribution in [0.3, 0.4) is 0 Å². The average molecular weight is 379 g/mol. The minimum absolute atomic E-state index is 0.117. The minimum atomic E-state index is -0.328. The van der Waals surface area contributed by atoms with Gasteiger partial charge in [0.2, 0.25) is 0 Å². The van der Waals surface area contributed by atoms with Gasteiger partial charge in [-0.1, -0.05) is 48.0 Å². The molecule has 0 atom stereocenters. The standard InChI is InChI=1S/C22H16ClFN2O/c23-20-7-3-1-5-16(20)11-14-21(17-9-12-19(24)13-10-17)26-25-15-18-6-2-4-8-22(18)27/h1-15,27H/b14-11?,25-15+,26-21?. The smallest absolute Gasteiger partial charge is 0.124 e. The van der Waals surface area contributed by atoms with E-state index >= 15 is 0 Å². The van der Waals surface area contributed by atoms with E-state index in [2.05, 4.69) is 10.2 Å². The fourth-order valence-electron chi connectivity index (χ4n) is 2.34. The quantitative estimate of drug-likeness (QED) is 0.447. The number of para-hydroxylation sites is 1. The zero-order valence-electron chi connectivity index (χ0n) is 14.3. The summed E-state index contributed by atoms with van der Waals surface area (Å²) in [6, 6.07) is 20.2. The molecule has 0 aliphatic heterocycles. The lowest BCUT2D eigenvalue weighted by Crippen LogP contribution is -1.96. The summed E-state index contributed by atoms with van der Waals surface area (Å²) in [4.78, 5) is 0. The second kappa shape index (κ2) is 8.92. The Morgan fingerprint density at radius 3 is 2.26 bits per heavy atom. The number of nitrogens with zero attached hydrogens (tertiary/aromatic N) is 2. The van der Waals surface area contributed by atoms with Crippen molar-refractivity contribution in [3.63, 3.8) is 0 Å². The normalized spacial score (nSPS) is 12.1. The molecule has 5 heteroatoms. The third-order valence-corrected chi connectivity index (χ3v) is 4.11. The number of hydrogen-bond donors (Lipinski definition) is 1. The van der Waals surface area contributed by atoms with Crippen LogP contribution in [0.4, 0.5) is 4.39 Å². The molecule has 0 radical (unpaired) electrons. The Morgan fingerprint density at radius 2 is 1.56 bits per heavy atom. The van der Waals surface area contributed by atoms with Crippen LogP contribution < -0.4 is 0 Å². The summed E-state index contributed by atoms with van der Waals surface area (Å²) in [5.41, 5.74) is 2.61. The first-order chi connectivity index (χ1) is 13.1. The highest BCUT2D eigenvalue weighted by molar-refractivity contribution is 6.32. The van der Waals surface area contributed by atoms with E-state index in [9.17, 15) is 9.50 Å². The SMILES string of the molecule is Oc1ccccc1/C=N/N=C(C=Cc1ccccc1Cl)c1ccc(F)cc1. The topological polar surface area (TPSA) is 45.0 Å². The maximum absolute atomic E-state index is 13.2. The van der Waals surface area contributed by atoms with Gasteiger partial charge in [0.25, 0.3) is 0 Å². The van der Waals surface area contributed by atoms with Crippen molar-refractivity contribution in [2.75, 3.05) is 0 Å². The van der Waals surface area contributed by atoms with Crippen LogP contribution in [0.1, 0.15) is 16.7 Å². The highest BCUT2D eigenvalue weighted by Crippen LogP contribution is 2.17. The van der Waals surface area contributed by atoms with Crippen molar-refractivity contribution >= 4 is 29.6 Å². The Balaban J connectivity index is 1.93. The largest absolute Gasteiger partial charge is 0.507 e. The van der Waals surface area contributed by atoms with Crippen LogP contribution in [-0.4, -0.2) is 17.0 Å². The number of phenolic OH excluding ortho intramolecular Hbond substituents is 1. The molecule has 134 valence electrons. The van der Waals surface area contributed by atoms with Crippen molar-refractivity contribution in [3.8, 4) is 5.75 Å². The zero-order valence-corrected chi connectivity index (χ0v) is 15.0. The van der Waals surface area contributed by atoms with Gasteiger partial charge in [-0.2, -0.15) is 10.2 Å². The van der Waals surface area contributed by atoms with Gasteiger partial charge in [0.05, 0.1) is 11.9 Å². The predicted molar refractivity (Wildman–Crippen MR) is 109 cm³/mol. The molecule has 0 aliphatic carbocycles. The molecule has 0 saturated carbocycles. The van der Waals surface area contributed by atoms with E-state index < -0.39 is 0 Å². The van der Waals surface area contributed by atoms with Gasteiger partial charge in [-0.15, -0.1) is 0 Å². The Kier molecular flexibility index (Phi) is 6.13. The van der Waals surface area contributed by atoms with Gasteiger partial charge in [-0.05, 0) is 54.1 Å². The third-order valence-electron chi connectivity index (χ3n) is 3.77. The summed E-state index contributed by atoms with van der Waals surface area (Å²) in [5, 5.41) is 18.7. The Hall–Kier alpha value is -3.24. The molecule has 0 saturated heterocycles. The summed E-state index contributed by atoms with van der Waals surface area (Å²) in [5.74, 6) is -0.211. The molecule has 3 nitrogen and oxygen atoms in total. The van der Waals surface area contributed by atoms with Crippen molar-refractivity contribution in [2.45, 2.75) is 0 Å². The van der Waals surface area contributed by atoms with E-state index in [1.54, 1.807) is 48.5 Å². The molecular weight excluding hydrogens is 363 g/mol. The number of hydrogen-bond acceptors (Lipinski definition) is 3. The molecule has 1 N–H and O–H groups in total. The van der Waals surface area contributed by atoms with Crippen LogP contribution in [0.15, 0.2) is 89.1 Å². The van der Waals surface area contributed by atoms with Crippen LogP contribution in [0, 0.1) is 5.82 Å². The van der Waals surface area contributed by atoms with Crippen LogP contribution in [-0.2, 0) is 0 Å². The molecule has 3 aromatic rings. The van der Waals surface area contributed by atoms with Gasteiger partial charge in [0.15, 0.2) is 0 Å². The molecule has 0 unspecified atom stereocenters. The molecule has 0 aliphatic rings. The Labute approximate surface area is 161 Å². The molecule has 0 fully saturated rings. The summed E-state index contributed by atoms with van der Waals surface area (Å²) >= 11 is 6.18. The van der Waals surface area contributed by atoms with Crippen molar-refractivity contribution in [1.82, 2.24) is 0 Å². The highest BCUT2D eigenvalue weighted by Gasteiger charge is 2.02. The van der Waals surface area contributed by atoms with E-state index in [1.165, 1.54) is 18.3 Å². The second-order valence-electron chi connectivity index (χ2n) is 5.65. The summed E-state index contributed by atoms with van der Waals surface area (Å²) in [7, 11) is 0. The van der Waals surface area contributed by atoms with Gasteiger partial charge < -0.3 is 5.11 Å². The molecule has 0 spiro atoms. The molecule has 3 aromatic carbocycles. The Bertz CT molecular complexity index is 1010. The van der Waals surface area contributed by atoms with E-state index in [-0.39, 0.29) is 11.6 Å². The molecule has 0 amide bonds. The van der Waals surface area contributed by atoms with Gasteiger partial charge in [-0.3, -0.25) is 0 Å². The van der Waals surface area contributed by atoms with Crippen LogP contribution in [0.5, 0.6) is 5.75 Å². The minimum Gasteiger partial charge on any atom is -0.507 e. The lowest BCUT2D eigenvalue weighted by atomic mass is 10.1. The monoisotopic (exact) mass is 378 g/mol. The first kappa shape index (κ1) is 18.5. The third kappa shape index (κ3) is 5.12. The number of benzene rings is 3. The molecule has 3 rings (SSSR count).